The highest BCUT2D eigenvalue weighted by molar-refractivity contribution is 7.09. The predicted molar refractivity (Wildman–Crippen MR) is 102 cm³/mol. The Bertz CT molecular complexity index is 551. The monoisotopic (exact) mass is 366 g/mol. The molecule has 0 atom stereocenters. The summed E-state index contributed by atoms with van der Waals surface area (Å²) in [5.41, 5.74) is -0.612. The summed E-state index contributed by atoms with van der Waals surface area (Å²) in [6.07, 6.45) is 2.21. The van der Waals surface area contributed by atoms with Crippen LogP contribution in [0.25, 0.3) is 0 Å². The molecule has 2 rings (SSSR count). The summed E-state index contributed by atoms with van der Waals surface area (Å²) in [6, 6.07) is 4.09. The van der Waals surface area contributed by atoms with Gasteiger partial charge in [0.25, 0.3) is 0 Å². The van der Waals surface area contributed by atoms with E-state index in [1.807, 2.05) is 25.2 Å². The van der Waals surface area contributed by atoms with E-state index in [2.05, 4.69) is 38.4 Å². The Kier molecular flexibility index (Phi) is 7.25. The maximum Gasteiger partial charge on any atom is 0.314 e. The van der Waals surface area contributed by atoms with Gasteiger partial charge in [0, 0.05) is 31.6 Å². The molecule has 6 nitrogen and oxygen atoms in total. The molecule has 0 unspecified atom stereocenters. The number of thiophene rings is 1. The smallest absolute Gasteiger partial charge is 0.314 e. The molecule has 1 aliphatic rings. The van der Waals surface area contributed by atoms with Crippen LogP contribution in [-0.2, 0) is 11.3 Å². The molecule has 0 spiro atoms. The number of amides is 3. The second-order valence-electron chi connectivity index (χ2n) is 7.33. The van der Waals surface area contributed by atoms with Gasteiger partial charge in [-0.25, -0.2) is 4.79 Å². The van der Waals surface area contributed by atoms with Crippen molar-refractivity contribution in [2.45, 2.75) is 33.2 Å². The van der Waals surface area contributed by atoms with Crippen molar-refractivity contribution < 1.29 is 9.59 Å². The van der Waals surface area contributed by atoms with E-state index >= 15 is 0 Å². The highest BCUT2D eigenvalue weighted by atomic mass is 32.1. The number of urea groups is 1. The average molecular weight is 367 g/mol. The lowest BCUT2D eigenvalue weighted by Gasteiger charge is -2.31. The number of hydrogen-bond donors (Lipinski definition) is 3. The SMILES string of the molecule is CNC(=O)C(C)(C)CNC(=O)NCC1CCN(Cc2cccs2)CC1. The van der Waals surface area contributed by atoms with Crippen molar-refractivity contribution in [2.24, 2.45) is 11.3 Å². The maximum atomic E-state index is 12.0. The first-order valence-corrected chi connectivity index (χ1v) is 9.77. The van der Waals surface area contributed by atoms with Gasteiger partial charge in [-0.3, -0.25) is 9.69 Å². The number of piperidine rings is 1. The van der Waals surface area contributed by atoms with E-state index in [1.165, 1.54) is 4.88 Å². The van der Waals surface area contributed by atoms with Crippen LogP contribution in [0.15, 0.2) is 17.5 Å². The second kappa shape index (κ2) is 9.20. The van der Waals surface area contributed by atoms with Crippen LogP contribution in [0, 0.1) is 11.3 Å². The van der Waals surface area contributed by atoms with Crippen LogP contribution in [0.1, 0.15) is 31.6 Å². The lowest BCUT2D eigenvalue weighted by atomic mass is 9.92. The van der Waals surface area contributed by atoms with Gasteiger partial charge in [0.15, 0.2) is 0 Å². The van der Waals surface area contributed by atoms with Crippen LogP contribution in [0.3, 0.4) is 0 Å². The number of likely N-dealkylation sites (tertiary alicyclic amines) is 1. The molecule has 0 aliphatic carbocycles. The number of nitrogens with zero attached hydrogens (tertiary/aromatic N) is 1. The van der Waals surface area contributed by atoms with E-state index in [-0.39, 0.29) is 11.9 Å². The average Bonchev–Trinajstić information content (AvgIpc) is 3.11. The van der Waals surface area contributed by atoms with Gasteiger partial charge >= 0.3 is 6.03 Å². The lowest BCUT2D eigenvalue weighted by Crippen LogP contribution is -2.47. The van der Waals surface area contributed by atoms with E-state index in [4.69, 9.17) is 0 Å². The topological polar surface area (TPSA) is 73.5 Å². The highest BCUT2D eigenvalue weighted by Gasteiger charge is 2.27. The molecular formula is C18H30N4O2S. The van der Waals surface area contributed by atoms with Crippen molar-refractivity contribution in [3.63, 3.8) is 0 Å². The minimum atomic E-state index is -0.612. The van der Waals surface area contributed by atoms with E-state index in [0.29, 0.717) is 19.0 Å². The van der Waals surface area contributed by atoms with Crippen molar-refractivity contribution in [3.05, 3.63) is 22.4 Å². The molecule has 0 radical (unpaired) electrons. The number of carbonyl (C=O) groups excluding carboxylic acids is 2. The fraction of sp³-hybridized carbons (Fsp3) is 0.667. The molecule has 1 saturated heterocycles. The summed E-state index contributed by atoms with van der Waals surface area (Å²) in [5.74, 6) is 0.447. The molecule has 25 heavy (non-hydrogen) atoms. The number of nitrogens with one attached hydrogen (secondary N) is 3. The standard InChI is InChI=1S/C18H30N4O2S/c1-18(2,16(23)19-3)13-21-17(24)20-11-14-6-8-22(9-7-14)12-15-5-4-10-25-15/h4-5,10,14H,6-9,11-13H2,1-3H3,(H,19,23)(H2,20,21,24). The van der Waals surface area contributed by atoms with Gasteiger partial charge in [0.2, 0.25) is 5.91 Å². The molecule has 0 bridgehead atoms. The van der Waals surface area contributed by atoms with Crippen LogP contribution in [0.5, 0.6) is 0 Å². The largest absolute Gasteiger partial charge is 0.359 e. The lowest BCUT2D eigenvalue weighted by molar-refractivity contribution is -0.128. The third kappa shape index (κ3) is 6.32. The Labute approximate surface area is 154 Å². The van der Waals surface area contributed by atoms with Crippen LogP contribution < -0.4 is 16.0 Å². The Morgan fingerprint density at radius 1 is 1.28 bits per heavy atom. The Balaban J connectivity index is 1.62. The first-order valence-electron chi connectivity index (χ1n) is 8.89. The molecule has 2 heterocycles. The molecule has 0 aromatic carbocycles. The van der Waals surface area contributed by atoms with Gasteiger partial charge in [0.1, 0.15) is 0 Å². The molecule has 1 fully saturated rings. The summed E-state index contributed by atoms with van der Waals surface area (Å²) < 4.78 is 0. The van der Waals surface area contributed by atoms with Crippen molar-refractivity contribution >= 4 is 23.3 Å². The first kappa shape index (κ1) is 19.7. The van der Waals surface area contributed by atoms with Crippen LogP contribution in [0.2, 0.25) is 0 Å². The normalized spacial score (nSPS) is 16.4. The zero-order valence-corrected chi connectivity index (χ0v) is 16.2. The van der Waals surface area contributed by atoms with E-state index in [0.717, 1.165) is 32.5 Å². The quantitative estimate of drug-likeness (QED) is 0.691. The third-order valence-corrected chi connectivity index (χ3v) is 5.61. The van der Waals surface area contributed by atoms with Crippen LogP contribution in [-0.4, -0.2) is 50.1 Å². The molecule has 1 aromatic heterocycles. The fourth-order valence-electron chi connectivity index (χ4n) is 2.99. The predicted octanol–water partition coefficient (Wildman–Crippen LogP) is 2.03. The molecular weight excluding hydrogens is 336 g/mol. The second-order valence-corrected chi connectivity index (χ2v) is 8.36. The Morgan fingerprint density at radius 3 is 2.60 bits per heavy atom. The van der Waals surface area contributed by atoms with Gasteiger partial charge in [-0.05, 0) is 57.1 Å². The number of rotatable bonds is 7. The maximum absolute atomic E-state index is 12.0. The van der Waals surface area contributed by atoms with Gasteiger partial charge < -0.3 is 16.0 Å². The zero-order chi connectivity index (χ0) is 18.3. The summed E-state index contributed by atoms with van der Waals surface area (Å²) in [5, 5.41) is 10.5. The Morgan fingerprint density at radius 2 is 2.00 bits per heavy atom. The zero-order valence-electron chi connectivity index (χ0n) is 15.4. The third-order valence-electron chi connectivity index (χ3n) is 4.75. The van der Waals surface area contributed by atoms with Crippen molar-refractivity contribution in [2.75, 3.05) is 33.2 Å². The van der Waals surface area contributed by atoms with Crippen molar-refractivity contribution in [3.8, 4) is 0 Å². The summed E-state index contributed by atoms with van der Waals surface area (Å²) in [4.78, 5) is 27.6. The number of carbonyl (C=O) groups is 2. The Hall–Kier alpha value is -1.60. The molecule has 7 heteroatoms. The van der Waals surface area contributed by atoms with E-state index < -0.39 is 5.41 Å². The highest BCUT2D eigenvalue weighted by Crippen LogP contribution is 2.20. The number of hydrogen-bond acceptors (Lipinski definition) is 4. The van der Waals surface area contributed by atoms with Gasteiger partial charge in [0.05, 0.1) is 5.41 Å². The molecule has 0 saturated carbocycles. The van der Waals surface area contributed by atoms with Crippen molar-refractivity contribution in [1.82, 2.24) is 20.9 Å². The van der Waals surface area contributed by atoms with E-state index in [1.54, 1.807) is 7.05 Å². The molecule has 1 aromatic rings. The first-order chi connectivity index (χ1) is 11.9. The van der Waals surface area contributed by atoms with Gasteiger partial charge in [-0.15, -0.1) is 11.3 Å². The molecule has 1 aliphatic heterocycles. The van der Waals surface area contributed by atoms with Crippen LogP contribution >= 0.6 is 11.3 Å². The van der Waals surface area contributed by atoms with Crippen LogP contribution in [0.4, 0.5) is 4.79 Å². The summed E-state index contributed by atoms with van der Waals surface area (Å²) in [6.45, 7) is 7.83. The van der Waals surface area contributed by atoms with Gasteiger partial charge in [-0.1, -0.05) is 6.07 Å². The summed E-state index contributed by atoms with van der Waals surface area (Å²) in [7, 11) is 1.61. The van der Waals surface area contributed by atoms with Crippen molar-refractivity contribution in [1.29, 1.82) is 0 Å². The van der Waals surface area contributed by atoms with Gasteiger partial charge in [-0.2, -0.15) is 0 Å². The molecule has 140 valence electrons. The minimum absolute atomic E-state index is 0.0779. The fourth-order valence-corrected chi connectivity index (χ4v) is 3.74. The van der Waals surface area contributed by atoms with E-state index in [9.17, 15) is 9.59 Å². The molecule has 3 amide bonds. The summed E-state index contributed by atoms with van der Waals surface area (Å²) >= 11 is 1.81. The minimum Gasteiger partial charge on any atom is -0.359 e. The molecule has 3 N–H and O–H groups in total.